The van der Waals surface area contributed by atoms with E-state index in [-0.39, 0.29) is 0 Å². The quantitative estimate of drug-likeness (QED) is 0.561. The first kappa shape index (κ1) is 8.80. The van der Waals surface area contributed by atoms with Gasteiger partial charge in [-0.3, -0.25) is 0 Å². The molecule has 2 rings (SSSR count). The molecule has 0 heterocycles. The van der Waals surface area contributed by atoms with Crippen LogP contribution < -0.4 is 0 Å². The van der Waals surface area contributed by atoms with Gasteiger partial charge in [-0.1, -0.05) is 44.5 Å². The standard InChI is InChI=1S/C13H18/c1-9-5-6-11-10(2)8-13(3,4)12(11)7-9/h5-7,10H,8H2,1-4H3/t10-/m1/s1. The molecule has 1 atom stereocenters. The lowest BCUT2D eigenvalue weighted by Gasteiger charge is -2.19. The van der Waals surface area contributed by atoms with Gasteiger partial charge in [0.25, 0.3) is 0 Å². The third-order valence-electron chi connectivity index (χ3n) is 3.29. The molecule has 0 saturated carbocycles. The van der Waals surface area contributed by atoms with Crippen LogP contribution in [0.1, 0.15) is 49.8 Å². The summed E-state index contributed by atoms with van der Waals surface area (Å²) in [5, 5.41) is 0. The second-order valence-electron chi connectivity index (χ2n) is 5.08. The van der Waals surface area contributed by atoms with E-state index in [0.717, 1.165) is 5.92 Å². The zero-order valence-corrected chi connectivity index (χ0v) is 9.02. The van der Waals surface area contributed by atoms with Gasteiger partial charge in [0.2, 0.25) is 0 Å². The molecule has 0 N–H and O–H groups in total. The van der Waals surface area contributed by atoms with Crippen LogP contribution in [0.4, 0.5) is 0 Å². The Labute approximate surface area is 81.0 Å². The normalized spacial score (nSPS) is 24.5. The van der Waals surface area contributed by atoms with E-state index in [4.69, 9.17) is 0 Å². The molecule has 0 amide bonds. The lowest BCUT2D eigenvalue weighted by Crippen LogP contribution is -2.12. The molecule has 0 heteroatoms. The highest BCUT2D eigenvalue weighted by atomic mass is 14.4. The van der Waals surface area contributed by atoms with Crippen molar-refractivity contribution in [2.24, 2.45) is 0 Å². The van der Waals surface area contributed by atoms with Gasteiger partial charge in [-0.05, 0) is 35.8 Å². The highest BCUT2D eigenvalue weighted by molar-refractivity contribution is 5.43. The molecule has 0 nitrogen and oxygen atoms in total. The van der Waals surface area contributed by atoms with Crippen LogP contribution in [0.5, 0.6) is 0 Å². The molecule has 1 aromatic rings. The lowest BCUT2D eigenvalue weighted by atomic mass is 9.85. The van der Waals surface area contributed by atoms with Gasteiger partial charge < -0.3 is 0 Å². The molecular weight excluding hydrogens is 156 g/mol. The fourth-order valence-corrected chi connectivity index (χ4v) is 2.67. The fraction of sp³-hybridized carbons (Fsp3) is 0.538. The summed E-state index contributed by atoms with van der Waals surface area (Å²) in [6, 6.07) is 6.90. The van der Waals surface area contributed by atoms with Gasteiger partial charge in [0.15, 0.2) is 0 Å². The van der Waals surface area contributed by atoms with E-state index in [0.29, 0.717) is 5.41 Å². The van der Waals surface area contributed by atoms with E-state index < -0.39 is 0 Å². The van der Waals surface area contributed by atoms with Crippen LogP contribution in [-0.2, 0) is 5.41 Å². The predicted molar refractivity (Wildman–Crippen MR) is 57.2 cm³/mol. The van der Waals surface area contributed by atoms with Crippen molar-refractivity contribution in [3.8, 4) is 0 Å². The molecule has 0 spiro atoms. The van der Waals surface area contributed by atoms with Crippen molar-refractivity contribution in [3.05, 3.63) is 34.9 Å². The van der Waals surface area contributed by atoms with E-state index in [9.17, 15) is 0 Å². The smallest absolute Gasteiger partial charge is 0.00949 e. The van der Waals surface area contributed by atoms with Crippen molar-refractivity contribution in [2.45, 2.75) is 45.4 Å². The minimum atomic E-state index is 0.390. The monoisotopic (exact) mass is 174 g/mol. The van der Waals surface area contributed by atoms with Crippen LogP contribution in [0.2, 0.25) is 0 Å². The Hall–Kier alpha value is -0.780. The van der Waals surface area contributed by atoms with E-state index in [1.807, 2.05) is 0 Å². The summed E-state index contributed by atoms with van der Waals surface area (Å²) >= 11 is 0. The average molecular weight is 174 g/mol. The molecule has 70 valence electrons. The van der Waals surface area contributed by atoms with Gasteiger partial charge in [-0.15, -0.1) is 0 Å². The van der Waals surface area contributed by atoms with Gasteiger partial charge in [-0.2, -0.15) is 0 Å². The van der Waals surface area contributed by atoms with Gasteiger partial charge in [0, 0.05) is 0 Å². The van der Waals surface area contributed by atoms with Crippen LogP contribution in [0.3, 0.4) is 0 Å². The number of hydrogen-bond donors (Lipinski definition) is 0. The summed E-state index contributed by atoms with van der Waals surface area (Å²) in [6.07, 6.45) is 1.30. The Balaban J connectivity index is 2.60. The average Bonchev–Trinajstić information content (AvgIpc) is 2.23. The van der Waals surface area contributed by atoms with Crippen molar-refractivity contribution in [3.63, 3.8) is 0 Å². The summed E-state index contributed by atoms with van der Waals surface area (Å²) < 4.78 is 0. The molecule has 13 heavy (non-hydrogen) atoms. The topological polar surface area (TPSA) is 0 Å². The predicted octanol–water partition coefficient (Wildman–Crippen LogP) is 3.78. The molecule has 1 aromatic carbocycles. The van der Waals surface area contributed by atoms with E-state index in [1.165, 1.54) is 12.0 Å². The van der Waals surface area contributed by atoms with Crippen LogP contribution in [-0.4, -0.2) is 0 Å². The Bertz CT molecular complexity index is 334. The lowest BCUT2D eigenvalue weighted by molar-refractivity contribution is 0.489. The summed E-state index contributed by atoms with van der Waals surface area (Å²) in [7, 11) is 0. The third-order valence-corrected chi connectivity index (χ3v) is 3.29. The molecule has 0 aromatic heterocycles. The molecule has 0 radical (unpaired) electrons. The summed E-state index contributed by atoms with van der Waals surface area (Å²) in [5.74, 6) is 0.741. The molecule has 0 unspecified atom stereocenters. The second kappa shape index (κ2) is 2.60. The zero-order valence-electron chi connectivity index (χ0n) is 9.02. The van der Waals surface area contributed by atoms with E-state index >= 15 is 0 Å². The van der Waals surface area contributed by atoms with E-state index in [2.05, 4.69) is 45.9 Å². The Morgan fingerprint density at radius 1 is 1.31 bits per heavy atom. The maximum Gasteiger partial charge on any atom is -0.00949 e. The maximum absolute atomic E-state index is 2.36. The van der Waals surface area contributed by atoms with Crippen LogP contribution in [0.15, 0.2) is 18.2 Å². The fourth-order valence-electron chi connectivity index (χ4n) is 2.67. The number of benzene rings is 1. The highest BCUT2D eigenvalue weighted by Gasteiger charge is 2.34. The second-order valence-corrected chi connectivity index (χ2v) is 5.08. The van der Waals surface area contributed by atoms with Crippen LogP contribution in [0.25, 0.3) is 0 Å². The zero-order chi connectivity index (χ0) is 9.64. The van der Waals surface area contributed by atoms with Crippen molar-refractivity contribution in [1.29, 1.82) is 0 Å². The first-order chi connectivity index (χ1) is 6.00. The van der Waals surface area contributed by atoms with Gasteiger partial charge >= 0.3 is 0 Å². The van der Waals surface area contributed by atoms with E-state index in [1.54, 1.807) is 11.1 Å². The van der Waals surface area contributed by atoms with Crippen LogP contribution in [0, 0.1) is 6.92 Å². The van der Waals surface area contributed by atoms with Gasteiger partial charge in [-0.25, -0.2) is 0 Å². The molecule has 0 bridgehead atoms. The minimum Gasteiger partial charge on any atom is -0.0590 e. The molecule has 0 aliphatic heterocycles. The molecule has 1 aliphatic rings. The highest BCUT2D eigenvalue weighted by Crippen LogP contribution is 2.45. The largest absolute Gasteiger partial charge is 0.0590 e. The number of fused-ring (bicyclic) bond motifs is 1. The summed E-state index contributed by atoms with van der Waals surface area (Å²) in [5.41, 5.74) is 4.91. The SMILES string of the molecule is Cc1ccc2c(c1)C(C)(C)C[C@H]2C. The van der Waals surface area contributed by atoms with Crippen molar-refractivity contribution in [1.82, 2.24) is 0 Å². The van der Waals surface area contributed by atoms with Crippen molar-refractivity contribution >= 4 is 0 Å². The first-order valence-corrected chi connectivity index (χ1v) is 5.12. The van der Waals surface area contributed by atoms with Crippen molar-refractivity contribution in [2.75, 3.05) is 0 Å². The maximum atomic E-state index is 2.36. The molecule has 1 aliphatic carbocycles. The Morgan fingerprint density at radius 2 is 2.00 bits per heavy atom. The number of aryl methyl sites for hydroxylation is 1. The molecular formula is C13H18. The number of hydrogen-bond acceptors (Lipinski definition) is 0. The Kier molecular flexibility index (Phi) is 1.76. The van der Waals surface area contributed by atoms with Crippen LogP contribution >= 0.6 is 0 Å². The number of rotatable bonds is 0. The van der Waals surface area contributed by atoms with Crippen molar-refractivity contribution < 1.29 is 0 Å². The van der Waals surface area contributed by atoms with Gasteiger partial charge in [0.05, 0.1) is 0 Å². The minimum absolute atomic E-state index is 0.390. The third kappa shape index (κ3) is 1.29. The summed E-state index contributed by atoms with van der Waals surface area (Å²) in [6.45, 7) is 9.23. The molecule has 0 saturated heterocycles. The van der Waals surface area contributed by atoms with Gasteiger partial charge in [0.1, 0.15) is 0 Å². The Morgan fingerprint density at radius 3 is 2.69 bits per heavy atom. The molecule has 0 fully saturated rings. The first-order valence-electron chi connectivity index (χ1n) is 5.12. The summed E-state index contributed by atoms with van der Waals surface area (Å²) in [4.78, 5) is 0.